The highest BCUT2D eigenvalue weighted by atomic mass is 19.1. The Labute approximate surface area is 129 Å². The summed E-state index contributed by atoms with van der Waals surface area (Å²) in [6.45, 7) is 4.89. The van der Waals surface area contributed by atoms with Gasteiger partial charge in [-0.05, 0) is 18.1 Å². The van der Waals surface area contributed by atoms with Crippen molar-refractivity contribution in [3.05, 3.63) is 29.8 Å². The van der Waals surface area contributed by atoms with E-state index in [4.69, 9.17) is 10.5 Å². The number of piperidine rings is 1. The molecule has 122 valence electrons. The first-order chi connectivity index (χ1) is 10.4. The number of halogens is 2. The highest BCUT2D eigenvalue weighted by molar-refractivity contribution is 5.82. The lowest BCUT2D eigenvalue weighted by atomic mass is 10.0. The van der Waals surface area contributed by atoms with Crippen molar-refractivity contribution < 1.29 is 18.3 Å². The number of hydrogen-bond donors (Lipinski definition) is 1. The molecule has 1 heterocycles. The van der Waals surface area contributed by atoms with Gasteiger partial charge in [-0.1, -0.05) is 13.8 Å². The molecule has 0 unspecified atom stereocenters. The van der Waals surface area contributed by atoms with Crippen LogP contribution in [0.15, 0.2) is 18.2 Å². The molecule has 1 atom stereocenters. The Balaban J connectivity index is 1.88. The molecule has 1 fully saturated rings. The summed E-state index contributed by atoms with van der Waals surface area (Å²) in [7, 11) is 0. The first-order valence-corrected chi connectivity index (χ1v) is 7.54. The van der Waals surface area contributed by atoms with Gasteiger partial charge < -0.3 is 15.4 Å². The van der Waals surface area contributed by atoms with Crippen molar-refractivity contribution in [2.45, 2.75) is 38.8 Å². The topological polar surface area (TPSA) is 55.6 Å². The molecule has 1 aromatic rings. The largest absolute Gasteiger partial charge is 0.487 e. The lowest BCUT2D eigenvalue weighted by Gasteiger charge is -2.34. The number of likely N-dealkylation sites (tertiary alicyclic amines) is 1. The van der Waals surface area contributed by atoms with Crippen molar-refractivity contribution in [3.63, 3.8) is 0 Å². The Bertz CT molecular complexity index is 529. The van der Waals surface area contributed by atoms with Crippen LogP contribution in [0, 0.1) is 17.6 Å². The minimum Gasteiger partial charge on any atom is -0.487 e. The second-order valence-electron chi connectivity index (χ2n) is 5.99. The number of nitrogens with zero attached hydrogens (tertiary/aromatic N) is 1. The van der Waals surface area contributed by atoms with Gasteiger partial charge in [0, 0.05) is 32.0 Å². The number of carbonyl (C=O) groups is 1. The predicted molar refractivity (Wildman–Crippen MR) is 79.4 cm³/mol. The number of rotatable bonds is 4. The maximum absolute atomic E-state index is 13.6. The van der Waals surface area contributed by atoms with Crippen molar-refractivity contribution in [1.29, 1.82) is 0 Å². The summed E-state index contributed by atoms with van der Waals surface area (Å²) < 4.78 is 32.0. The lowest BCUT2D eigenvalue weighted by molar-refractivity contribution is -0.135. The average molecular weight is 312 g/mol. The van der Waals surface area contributed by atoms with E-state index in [2.05, 4.69) is 0 Å². The van der Waals surface area contributed by atoms with Crippen molar-refractivity contribution >= 4 is 5.91 Å². The Hall–Kier alpha value is -1.69. The number of carbonyl (C=O) groups excluding carboxylic acids is 1. The van der Waals surface area contributed by atoms with Gasteiger partial charge in [0.2, 0.25) is 5.91 Å². The van der Waals surface area contributed by atoms with Crippen LogP contribution in [-0.2, 0) is 4.79 Å². The fourth-order valence-corrected chi connectivity index (χ4v) is 2.44. The number of benzene rings is 1. The Morgan fingerprint density at radius 2 is 1.95 bits per heavy atom. The van der Waals surface area contributed by atoms with Crippen LogP contribution in [0.25, 0.3) is 0 Å². The van der Waals surface area contributed by atoms with E-state index >= 15 is 0 Å². The zero-order valence-electron chi connectivity index (χ0n) is 12.9. The molecular formula is C16H22F2N2O2. The molecule has 0 radical (unpaired) electrons. The predicted octanol–water partition coefficient (Wildman–Crippen LogP) is 2.32. The van der Waals surface area contributed by atoms with Crippen molar-refractivity contribution in [3.8, 4) is 5.75 Å². The van der Waals surface area contributed by atoms with Gasteiger partial charge >= 0.3 is 0 Å². The average Bonchev–Trinajstić information content (AvgIpc) is 2.49. The quantitative estimate of drug-likeness (QED) is 0.928. The van der Waals surface area contributed by atoms with Gasteiger partial charge in [-0.15, -0.1) is 0 Å². The molecule has 0 spiro atoms. The first-order valence-electron chi connectivity index (χ1n) is 7.54. The van der Waals surface area contributed by atoms with Crippen LogP contribution in [0.1, 0.15) is 26.7 Å². The number of nitrogens with two attached hydrogens (primary N) is 1. The third-order valence-corrected chi connectivity index (χ3v) is 3.94. The summed E-state index contributed by atoms with van der Waals surface area (Å²) >= 11 is 0. The van der Waals surface area contributed by atoms with Crippen LogP contribution in [0.3, 0.4) is 0 Å². The molecule has 1 aliphatic rings. The third kappa shape index (κ3) is 3.94. The van der Waals surface area contributed by atoms with E-state index in [-0.39, 0.29) is 23.7 Å². The van der Waals surface area contributed by atoms with Gasteiger partial charge in [0.1, 0.15) is 11.9 Å². The Morgan fingerprint density at radius 3 is 2.50 bits per heavy atom. The molecule has 0 aliphatic carbocycles. The highest BCUT2D eigenvalue weighted by Crippen LogP contribution is 2.23. The van der Waals surface area contributed by atoms with Crippen LogP contribution in [0.2, 0.25) is 0 Å². The highest BCUT2D eigenvalue weighted by Gasteiger charge is 2.28. The molecule has 2 N–H and O–H groups in total. The van der Waals surface area contributed by atoms with Gasteiger partial charge in [0.25, 0.3) is 0 Å². The number of ether oxygens (including phenoxy) is 1. The monoisotopic (exact) mass is 312 g/mol. The molecule has 0 aromatic heterocycles. The van der Waals surface area contributed by atoms with Crippen molar-refractivity contribution in [2.24, 2.45) is 11.7 Å². The summed E-state index contributed by atoms with van der Waals surface area (Å²) in [5, 5.41) is 0. The van der Waals surface area contributed by atoms with Crippen LogP contribution < -0.4 is 10.5 Å². The van der Waals surface area contributed by atoms with Crippen LogP contribution in [-0.4, -0.2) is 36.0 Å². The molecule has 0 bridgehead atoms. The molecule has 1 saturated heterocycles. The van der Waals surface area contributed by atoms with Gasteiger partial charge in [-0.3, -0.25) is 4.79 Å². The molecule has 0 saturated carbocycles. The minimum absolute atomic E-state index is 0.0464. The standard InChI is InChI=1S/C16H22F2N2O2/c1-10(2)15(19)16(21)20-7-5-12(6-8-20)22-14-4-3-11(17)9-13(14)18/h3-4,9-10,12,15H,5-8,19H2,1-2H3/t15-/m0/s1. The zero-order chi connectivity index (χ0) is 16.3. The number of amides is 1. The van der Waals surface area contributed by atoms with Gasteiger partial charge in [0.05, 0.1) is 6.04 Å². The van der Waals surface area contributed by atoms with Crippen LogP contribution in [0.5, 0.6) is 5.75 Å². The smallest absolute Gasteiger partial charge is 0.239 e. The van der Waals surface area contributed by atoms with Gasteiger partial charge in [0.15, 0.2) is 11.6 Å². The van der Waals surface area contributed by atoms with E-state index in [0.29, 0.717) is 25.9 Å². The van der Waals surface area contributed by atoms with Crippen LogP contribution >= 0.6 is 0 Å². The SMILES string of the molecule is CC(C)[C@H](N)C(=O)N1CCC(Oc2ccc(F)cc2F)CC1. The molecule has 6 heteroatoms. The molecule has 4 nitrogen and oxygen atoms in total. The fourth-order valence-electron chi connectivity index (χ4n) is 2.44. The molecular weight excluding hydrogens is 290 g/mol. The summed E-state index contributed by atoms with van der Waals surface area (Å²) in [6.07, 6.45) is 1.03. The normalized spacial score (nSPS) is 17.6. The maximum atomic E-state index is 13.6. The van der Waals surface area contributed by atoms with E-state index in [1.165, 1.54) is 12.1 Å². The molecule has 1 amide bonds. The fraction of sp³-hybridized carbons (Fsp3) is 0.562. The summed E-state index contributed by atoms with van der Waals surface area (Å²) in [5.74, 6) is -1.26. The lowest BCUT2D eigenvalue weighted by Crippen LogP contribution is -2.50. The van der Waals surface area contributed by atoms with E-state index in [1.54, 1.807) is 4.90 Å². The summed E-state index contributed by atoms with van der Waals surface area (Å²) in [5.41, 5.74) is 5.88. The van der Waals surface area contributed by atoms with Crippen LogP contribution in [0.4, 0.5) is 8.78 Å². The third-order valence-electron chi connectivity index (χ3n) is 3.94. The van der Waals surface area contributed by atoms with Gasteiger partial charge in [-0.25, -0.2) is 8.78 Å². The first kappa shape index (κ1) is 16.7. The molecule has 2 rings (SSSR count). The second-order valence-corrected chi connectivity index (χ2v) is 5.99. The van der Waals surface area contributed by atoms with E-state index in [0.717, 1.165) is 6.07 Å². The van der Waals surface area contributed by atoms with E-state index < -0.39 is 17.7 Å². The summed E-state index contributed by atoms with van der Waals surface area (Å²) in [4.78, 5) is 13.9. The minimum atomic E-state index is -0.708. The molecule has 1 aromatic carbocycles. The number of hydrogen-bond acceptors (Lipinski definition) is 3. The molecule has 1 aliphatic heterocycles. The van der Waals surface area contributed by atoms with Crippen molar-refractivity contribution in [1.82, 2.24) is 4.90 Å². The Kier molecular flexibility index (Phi) is 5.34. The van der Waals surface area contributed by atoms with E-state index in [1.807, 2.05) is 13.8 Å². The van der Waals surface area contributed by atoms with Gasteiger partial charge in [-0.2, -0.15) is 0 Å². The second kappa shape index (κ2) is 7.05. The van der Waals surface area contributed by atoms with Crippen molar-refractivity contribution in [2.75, 3.05) is 13.1 Å². The summed E-state index contributed by atoms with van der Waals surface area (Å²) in [6, 6.07) is 2.76. The van der Waals surface area contributed by atoms with E-state index in [9.17, 15) is 13.6 Å². The maximum Gasteiger partial charge on any atom is 0.239 e. The molecule has 22 heavy (non-hydrogen) atoms. The Morgan fingerprint density at radius 1 is 1.32 bits per heavy atom. The zero-order valence-corrected chi connectivity index (χ0v) is 12.9.